The number of likely N-dealkylation sites (tertiary alicyclic amines) is 1. The van der Waals surface area contributed by atoms with Crippen molar-refractivity contribution < 1.29 is 19.4 Å². The van der Waals surface area contributed by atoms with Crippen LogP contribution < -0.4 is 16.0 Å². The van der Waals surface area contributed by atoms with E-state index < -0.39 is 18.1 Å². The molecule has 1 amide bonds. The van der Waals surface area contributed by atoms with Crippen LogP contribution in [-0.4, -0.2) is 65.8 Å². The molecule has 2 heterocycles. The lowest BCUT2D eigenvalue weighted by Crippen LogP contribution is -2.41. The molecular weight excluding hydrogens is 470 g/mol. The second-order valence-electron chi connectivity index (χ2n) is 8.96. The van der Waals surface area contributed by atoms with Gasteiger partial charge in [0.15, 0.2) is 0 Å². The van der Waals surface area contributed by atoms with Gasteiger partial charge in [-0.3, -0.25) is 4.90 Å². The van der Waals surface area contributed by atoms with E-state index in [1.165, 1.54) is 4.90 Å². The number of aliphatic carboxylic acids is 1. The lowest BCUT2D eigenvalue weighted by molar-refractivity contribution is -0.141. The fraction of sp³-hybridized carbons (Fsp3) is 0.321. The number of ether oxygens (including phenoxy) is 1. The highest BCUT2D eigenvalue weighted by atomic mass is 16.6. The van der Waals surface area contributed by atoms with Crippen molar-refractivity contribution in [1.82, 2.24) is 15.2 Å². The number of para-hydroxylation sites is 1. The molecule has 0 spiro atoms. The van der Waals surface area contributed by atoms with Gasteiger partial charge in [0.05, 0.1) is 5.69 Å². The number of anilines is 2. The third-order valence-electron chi connectivity index (χ3n) is 6.25. The first kappa shape index (κ1) is 26.0. The average molecular weight is 504 g/mol. The normalized spacial score (nSPS) is 16.8. The van der Waals surface area contributed by atoms with Crippen LogP contribution in [0.3, 0.4) is 0 Å². The number of carbonyl (C=O) groups is 2. The Kier molecular flexibility index (Phi) is 8.93. The van der Waals surface area contributed by atoms with Gasteiger partial charge in [-0.1, -0.05) is 54.6 Å². The minimum atomic E-state index is -1.05. The van der Waals surface area contributed by atoms with E-state index in [9.17, 15) is 14.7 Å². The van der Waals surface area contributed by atoms with Crippen molar-refractivity contribution in [3.05, 3.63) is 78.4 Å². The number of benzene rings is 2. The third-order valence-corrected chi connectivity index (χ3v) is 6.25. The molecule has 3 aromatic rings. The molecule has 2 aromatic carbocycles. The molecule has 0 radical (unpaired) electrons. The zero-order valence-electron chi connectivity index (χ0n) is 20.9. The van der Waals surface area contributed by atoms with Crippen LogP contribution in [0.4, 0.5) is 16.3 Å². The molecule has 9 heteroatoms. The minimum absolute atomic E-state index is 0.0899. The van der Waals surface area contributed by atoms with E-state index in [0.29, 0.717) is 5.82 Å². The fourth-order valence-corrected chi connectivity index (χ4v) is 4.40. The van der Waals surface area contributed by atoms with E-state index in [2.05, 4.69) is 16.0 Å². The first-order valence-electron chi connectivity index (χ1n) is 12.5. The lowest BCUT2D eigenvalue weighted by atomic mass is 10.1. The number of nitrogens with one attached hydrogen (secondary N) is 3. The zero-order valence-corrected chi connectivity index (χ0v) is 20.9. The number of carbonyl (C=O) groups excluding carboxylic acids is 1. The Morgan fingerprint density at radius 1 is 1.03 bits per heavy atom. The molecule has 0 unspecified atom stereocenters. The average Bonchev–Trinajstić information content (AvgIpc) is 3.35. The van der Waals surface area contributed by atoms with Gasteiger partial charge >= 0.3 is 12.1 Å². The SMILES string of the molecule is CNCCCNc1ccccc1-c1cccc(N[C@H]2C[C@@H](C(=O)O)N(C(=O)OCc3ccccc3)C2)n1. The van der Waals surface area contributed by atoms with Gasteiger partial charge in [-0.05, 0) is 43.8 Å². The third kappa shape index (κ3) is 6.98. The Balaban J connectivity index is 1.42. The van der Waals surface area contributed by atoms with E-state index in [0.717, 1.165) is 42.0 Å². The van der Waals surface area contributed by atoms with Crippen molar-refractivity contribution in [3.8, 4) is 11.3 Å². The number of hydrogen-bond donors (Lipinski definition) is 4. The van der Waals surface area contributed by atoms with E-state index in [4.69, 9.17) is 9.72 Å². The van der Waals surface area contributed by atoms with Gasteiger partial charge in [0.2, 0.25) is 0 Å². The Bertz CT molecular complexity index is 1190. The number of hydrogen-bond acceptors (Lipinski definition) is 7. The molecule has 4 N–H and O–H groups in total. The van der Waals surface area contributed by atoms with Gasteiger partial charge in [0.1, 0.15) is 18.5 Å². The molecule has 0 aliphatic carbocycles. The Morgan fingerprint density at radius 2 is 1.81 bits per heavy atom. The summed E-state index contributed by atoms with van der Waals surface area (Å²) in [6.45, 7) is 2.07. The topological polar surface area (TPSA) is 116 Å². The van der Waals surface area contributed by atoms with Crippen molar-refractivity contribution in [2.24, 2.45) is 0 Å². The molecule has 0 saturated carbocycles. The highest BCUT2D eigenvalue weighted by Crippen LogP contribution is 2.28. The molecule has 1 saturated heterocycles. The predicted molar refractivity (Wildman–Crippen MR) is 143 cm³/mol. The van der Waals surface area contributed by atoms with Crippen LogP contribution >= 0.6 is 0 Å². The first-order chi connectivity index (χ1) is 18.0. The molecule has 0 bridgehead atoms. The van der Waals surface area contributed by atoms with Crippen LogP contribution in [0.25, 0.3) is 11.3 Å². The van der Waals surface area contributed by atoms with Crippen LogP contribution in [0.1, 0.15) is 18.4 Å². The summed E-state index contributed by atoms with van der Waals surface area (Å²) < 4.78 is 5.40. The molecule has 1 aliphatic heterocycles. The smallest absolute Gasteiger partial charge is 0.410 e. The highest BCUT2D eigenvalue weighted by Gasteiger charge is 2.40. The number of carboxylic acids is 1. The van der Waals surface area contributed by atoms with Gasteiger partial charge in [-0.2, -0.15) is 0 Å². The Hall–Kier alpha value is -4.11. The second kappa shape index (κ2) is 12.7. The number of nitrogens with zero attached hydrogens (tertiary/aromatic N) is 2. The van der Waals surface area contributed by atoms with Crippen LogP contribution in [0, 0.1) is 0 Å². The summed E-state index contributed by atoms with van der Waals surface area (Å²) in [7, 11) is 1.94. The molecule has 4 rings (SSSR count). The van der Waals surface area contributed by atoms with Gasteiger partial charge < -0.3 is 25.8 Å². The molecule has 1 fully saturated rings. The van der Waals surface area contributed by atoms with E-state index >= 15 is 0 Å². The van der Waals surface area contributed by atoms with Crippen molar-refractivity contribution in [2.75, 3.05) is 37.3 Å². The van der Waals surface area contributed by atoms with Gasteiger partial charge in [-0.25, -0.2) is 14.6 Å². The number of rotatable bonds is 11. The molecular formula is C28H33N5O4. The lowest BCUT2D eigenvalue weighted by Gasteiger charge is -2.21. The molecule has 194 valence electrons. The maximum atomic E-state index is 12.7. The highest BCUT2D eigenvalue weighted by molar-refractivity contribution is 5.81. The summed E-state index contributed by atoms with van der Waals surface area (Å²) in [4.78, 5) is 30.7. The number of amides is 1. The Morgan fingerprint density at radius 3 is 2.59 bits per heavy atom. The van der Waals surface area contributed by atoms with E-state index in [-0.39, 0.29) is 25.6 Å². The molecule has 1 aliphatic rings. The van der Waals surface area contributed by atoms with E-state index in [1.54, 1.807) is 0 Å². The quantitative estimate of drug-likeness (QED) is 0.290. The minimum Gasteiger partial charge on any atom is -0.480 e. The zero-order chi connectivity index (χ0) is 26.0. The number of carboxylic acid groups (broad SMARTS) is 1. The maximum absolute atomic E-state index is 12.7. The van der Waals surface area contributed by atoms with Gasteiger partial charge in [-0.15, -0.1) is 0 Å². The molecule has 2 atom stereocenters. The van der Waals surface area contributed by atoms with Gasteiger partial charge in [0.25, 0.3) is 0 Å². The summed E-state index contributed by atoms with van der Waals surface area (Å²) in [5, 5.41) is 19.7. The first-order valence-corrected chi connectivity index (χ1v) is 12.5. The van der Waals surface area contributed by atoms with Crippen LogP contribution in [-0.2, 0) is 16.1 Å². The summed E-state index contributed by atoms with van der Waals surface area (Å²) in [6, 6.07) is 21.8. The summed E-state index contributed by atoms with van der Waals surface area (Å²) in [6.07, 6.45) is 0.613. The predicted octanol–water partition coefficient (Wildman–Crippen LogP) is 4.05. The summed E-state index contributed by atoms with van der Waals surface area (Å²) in [5.74, 6) is -0.433. The molecule has 37 heavy (non-hydrogen) atoms. The van der Waals surface area contributed by atoms with Crippen LogP contribution in [0.2, 0.25) is 0 Å². The second-order valence-corrected chi connectivity index (χ2v) is 8.96. The Labute approximate surface area is 216 Å². The summed E-state index contributed by atoms with van der Waals surface area (Å²) in [5.41, 5.74) is 3.63. The fourth-order valence-electron chi connectivity index (χ4n) is 4.40. The van der Waals surface area contributed by atoms with Crippen LogP contribution in [0.5, 0.6) is 0 Å². The standard InChI is InChI=1S/C28H33N5O4/c1-29-15-8-16-30-23-12-6-5-11-22(23)24-13-7-14-26(32-24)31-21-17-25(27(34)35)33(18-21)28(36)37-19-20-9-3-2-4-10-20/h2-7,9-14,21,25,29-30H,8,15-19H2,1H3,(H,31,32)(H,34,35)/t21-,25-/m0/s1. The van der Waals surface area contributed by atoms with Crippen molar-refractivity contribution in [1.29, 1.82) is 0 Å². The van der Waals surface area contributed by atoms with Crippen molar-refractivity contribution >= 4 is 23.6 Å². The number of aromatic nitrogens is 1. The summed E-state index contributed by atoms with van der Waals surface area (Å²) >= 11 is 0. The van der Waals surface area contributed by atoms with Crippen molar-refractivity contribution in [3.63, 3.8) is 0 Å². The number of pyridine rings is 1. The van der Waals surface area contributed by atoms with Crippen molar-refractivity contribution in [2.45, 2.75) is 31.5 Å². The molecule has 1 aromatic heterocycles. The van der Waals surface area contributed by atoms with Crippen LogP contribution in [0.15, 0.2) is 72.8 Å². The maximum Gasteiger partial charge on any atom is 0.410 e. The van der Waals surface area contributed by atoms with Gasteiger partial charge in [0, 0.05) is 36.8 Å². The van der Waals surface area contributed by atoms with E-state index in [1.807, 2.05) is 79.8 Å². The largest absolute Gasteiger partial charge is 0.480 e. The monoisotopic (exact) mass is 503 g/mol. The molecule has 9 nitrogen and oxygen atoms in total.